The molecule has 0 atom stereocenters. The Kier molecular flexibility index (Phi) is 2.81. The van der Waals surface area contributed by atoms with Crippen LogP contribution >= 0.6 is 0 Å². The molecule has 0 aliphatic rings. The highest BCUT2D eigenvalue weighted by molar-refractivity contribution is 6.06. The average Bonchev–Trinajstić information content (AvgIpc) is 2.91. The van der Waals surface area contributed by atoms with Crippen LogP contribution in [0.4, 0.5) is 0 Å². The van der Waals surface area contributed by atoms with Gasteiger partial charge in [0.05, 0.1) is 5.52 Å². The second-order valence-electron chi connectivity index (χ2n) is 5.15. The first-order chi connectivity index (χ1) is 11.2. The summed E-state index contributed by atoms with van der Waals surface area (Å²) in [6, 6.07) is 17.8. The standard InChI is InChI=1S/C18H11NO4/c20-14-10-15(18(21)22)23-17-12-8-4-5-9-13(12)19(16(14)17)11-6-2-1-3-7-11/h1-10H,(H,21,22). The minimum absolute atomic E-state index is 0.286. The Labute approximate surface area is 130 Å². The highest BCUT2D eigenvalue weighted by atomic mass is 16.4. The number of hydrogen-bond donors (Lipinski definition) is 1. The summed E-state index contributed by atoms with van der Waals surface area (Å²) in [7, 11) is 0. The third kappa shape index (κ3) is 1.94. The van der Waals surface area contributed by atoms with Crippen LogP contribution in [0.25, 0.3) is 27.7 Å². The number of hydrogen-bond acceptors (Lipinski definition) is 3. The Morgan fingerprint density at radius 2 is 1.70 bits per heavy atom. The first kappa shape index (κ1) is 13.3. The molecular weight excluding hydrogens is 294 g/mol. The maximum absolute atomic E-state index is 12.5. The van der Waals surface area contributed by atoms with Gasteiger partial charge in [0, 0.05) is 17.1 Å². The fourth-order valence-electron chi connectivity index (χ4n) is 2.81. The van der Waals surface area contributed by atoms with Gasteiger partial charge in [0.25, 0.3) is 0 Å². The van der Waals surface area contributed by atoms with E-state index in [1.807, 2.05) is 54.6 Å². The lowest BCUT2D eigenvalue weighted by Gasteiger charge is -2.06. The molecule has 2 heterocycles. The second-order valence-corrected chi connectivity index (χ2v) is 5.15. The van der Waals surface area contributed by atoms with Crippen molar-refractivity contribution in [2.24, 2.45) is 0 Å². The van der Waals surface area contributed by atoms with E-state index < -0.39 is 5.97 Å². The summed E-state index contributed by atoms with van der Waals surface area (Å²) in [6.07, 6.45) is 0. The molecule has 1 N–H and O–H groups in total. The third-order valence-corrected chi connectivity index (χ3v) is 3.76. The zero-order valence-corrected chi connectivity index (χ0v) is 11.9. The number of fused-ring (bicyclic) bond motifs is 3. The van der Waals surface area contributed by atoms with Crippen molar-refractivity contribution in [3.05, 3.63) is 76.6 Å². The first-order valence-corrected chi connectivity index (χ1v) is 7.03. The van der Waals surface area contributed by atoms with E-state index in [1.165, 1.54) is 0 Å². The van der Waals surface area contributed by atoms with Gasteiger partial charge in [0.1, 0.15) is 5.52 Å². The van der Waals surface area contributed by atoms with Gasteiger partial charge in [-0.25, -0.2) is 4.79 Å². The quantitative estimate of drug-likeness (QED) is 0.616. The van der Waals surface area contributed by atoms with Crippen LogP contribution < -0.4 is 5.43 Å². The number of para-hydroxylation sites is 2. The summed E-state index contributed by atoms with van der Waals surface area (Å²) in [6.45, 7) is 0. The second kappa shape index (κ2) is 4.84. The van der Waals surface area contributed by atoms with Gasteiger partial charge in [0.15, 0.2) is 5.58 Å². The van der Waals surface area contributed by atoms with Crippen molar-refractivity contribution in [3.8, 4) is 5.69 Å². The average molecular weight is 305 g/mol. The predicted molar refractivity (Wildman–Crippen MR) is 86.3 cm³/mol. The van der Waals surface area contributed by atoms with E-state index in [9.17, 15) is 9.59 Å². The Bertz CT molecular complexity index is 1110. The van der Waals surface area contributed by atoms with E-state index in [-0.39, 0.29) is 16.8 Å². The van der Waals surface area contributed by atoms with Crippen molar-refractivity contribution < 1.29 is 14.3 Å². The maximum Gasteiger partial charge on any atom is 0.371 e. The molecule has 0 aliphatic heterocycles. The molecule has 0 saturated carbocycles. The summed E-state index contributed by atoms with van der Waals surface area (Å²) in [5.74, 6) is -1.63. The third-order valence-electron chi connectivity index (χ3n) is 3.76. The molecule has 4 rings (SSSR count). The fourth-order valence-corrected chi connectivity index (χ4v) is 2.81. The molecule has 2 aromatic heterocycles. The monoisotopic (exact) mass is 305 g/mol. The van der Waals surface area contributed by atoms with Crippen molar-refractivity contribution >= 4 is 28.0 Å². The maximum atomic E-state index is 12.5. The van der Waals surface area contributed by atoms with Crippen LogP contribution in [0.15, 0.2) is 69.9 Å². The van der Waals surface area contributed by atoms with Crippen LogP contribution in [0.3, 0.4) is 0 Å². The predicted octanol–water partition coefficient (Wildman–Crippen LogP) is 3.44. The van der Waals surface area contributed by atoms with Gasteiger partial charge in [-0.3, -0.25) is 4.79 Å². The van der Waals surface area contributed by atoms with Gasteiger partial charge >= 0.3 is 5.97 Å². The Hall–Kier alpha value is -3.34. The van der Waals surface area contributed by atoms with Gasteiger partial charge in [-0.15, -0.1) is 0 Å². The number of aromatic nitrogens is 1. The highest BCUT2D eigenvalue weighted by Gasteiger charge is 2.19. The zero-order valence-electron chi connectivity index (χ0n) is 11.9. The van der Waals surface area contributed by atoms with E-state index in [0.717, 1.165) is 17.3 Å². The SMILES string of the molecule is O=C(O)c1cc(=O)c2c(o1)c1ccccc1n2-c1ccccc1. The number of carboxylic acid groups (broad SMARTS) is 1. The first-order valence-electron chi connectivity index (χ1n) is 7.03. The van der Waals surface area contributed by atoms with E-state index >= 15 is 0 Å². The lowest BCUT2D eigenvalue weighted by atomic mass is 10.2. The summed E-state index contributed by atoms with van der Waals surface area (Å²) in [5, 5.41) is 9.83. The zero-order chi connectivity index (χ0) is 16.0. The van der Waals surface area contributed by atoms with Crippen molar-refractivity contribution in [2.45, 2.75) is 0 Å². The van der Waals surface area contributed by atoms with E-state index in [1.54, 1.807) is 4.57 Å². The summed E-state index contributed by atoms with van der Waals surface area (Å²) in [5.41, 5.74) is 1.84. The molecule has 0 spiro atoms. The fraction of sp³-hybridized carbons (Fsp3) is 0. The van der Waals surface area contributed by atoms with Gasteiger partial charge in [0.2, 0.25) is 11.2 Å². The Morgan fingerprint density at radius 1 is 1.00 bits per heavy atom. The summed E-state index contributed by atoms with van der Waals surface area (Å²) in [4.78, 5) is 23.7. The largest absolute Gasteiger partial charge is 0.475 e. The van der Waals surface area contributed by atoms with Crippen molar-refractivity contribution in [2.75, 3.05) is 0 Å². The van der Waals surface area contributed by atoms with Crippen LogP contribution in [-0.4, -0.2) is 15.6 Å². The smallest absolute Gasteiger partial charge is 0.371 e. The summed E-state index contributed by atoms with van der Waals surface area (Å²) < 4.78 is 7.29. The number of carboxylic acids is 1. The Morgan fingerprint density at radius 3 is 2.43 bits per heavy atom. The van der Waals surface area contributed by atoms with Crippen LogP contribution in [0, 0.1) is 0 Å². The van der Waals surface area contributed by atoms with Gasteiger partial charge in [-0.05, 0) is 24.3 Å². The lowest BCUT2D eigenvalue weighted by molar-refractivity contribution is 0.0663. The topological polar surface area (TPSA) is 72.4 Å². The minimum Gasteiger partial charge on any atom is -0.475 e. The minimum atomic E-state index is -1.26. The molecule has 2 aromatic carbocycles. The van der Waals surface area contributed by atoms with E-state index in [2.05, 4.69) is 0 Å². The lowest BCUT2D eigenvalue weighted by Crippen LogP contribution is -2.09. The molecule has 0 radical (unpaired) electrons. The molecule has 0 fully saturated rings. The van der Waals surface area contributed by atoms with Crippen LogP contribution in [0.5, 0.6) is 0 Å². The van der Waals surface area contributed by atoms with Crippen LogP contribution in [0.2, 0.25) is 0 Å². The van der Waals surface area contributed by atoms with Gasteiger partial charge in [-0.1, -0.05) is 30.3 Å². The molecule has 0 saturated heterocycles. The number of nitrogens with zero attached hydrogens (tertiary/aromatic N) is 1. The molecule has 0 unspecified atom stereocenters. The highest BCUT2D eigenvalue weighted by Crippen LogP contribution is 2.30. The number of benzene rings is 2. The molecule has 112 valence electrons. The Balaban J connectivity index is 2.25. The van der Waals surface area contributed by atoms with Crippen molar-refractivity contribution in [1.29, 1.82) is 0 Å². The van der Waals surface area contributed by atoms with Crippen molar-refractivity contribution in [1.82, 2.24) is 4.57 Å². The molecule has 5 nitrogen and oxygen atoms in total. The molecular formula is C18H11NO4. The van der Waals surface area contributed by atoms with Crippen LogP contribution in [-0.2, 0) is 0 Å². The van der Waals surface area contributed by atoms with Crippen LogP contribution in [0.1, 0.15) is 10.6 Å². The number of rotatable bonds is 2. The number of carbonyl (C=O) groups is 1. The normalized spacial score (nSPS) is 11.1. The number of aromatic carboxylic acids is 1. The molecule has 5 heteroatoms. The van der Waals surface area contributed by atoms with Gasteiger partial charge < -0.3 is 14.1 Å². The van der Waals surface area contributed by atoms with Crippen molar-refractivity contribution in [3.63, 3.8) is 0 Å². The van der Waals surface area contributed by atoms with Gasteiger partial charge in [-0.2, -0.15) is 0 Å². The molecule has 23 heavy (non-hydrogen) atoms. The molecule has 0 bridgehead atoms. The molecule has 0 aliphatic carbocycles. The van der Waals surface area contributed by atoms with E-state index in [4.69, 9.17) is 9.52 Å². The molecule has 4 aromatic rings. The summed E-state index contributed by atoms with van der Waals surface area (Å²) >= 11 is 0. The molecule has 0 amide bonds. The van der Waals surface area contributed by atoms with E-state index in [0.29, 0.717) is 10.9 Å².